The van der Waals surface area contributed by atoms with E-state index in [0.717, 1.165) is 0 Å². The molecule has 0 aromatic rings. The third kappa shape index (κ3) is 3.58. The number of hydrogen-bond donors (Lipinski definition) is 1. The summed E-state index contributed by atoms with van der Waals surface area (Å²) >= 11 is 0. The molecule has 0 saturated carbocycles. The Morgan fingerprint density at radius 3 is 1.42 bits per heavy atom. The Hall–Kier alpha value is 0.648. The van der Waals surface area contributed by atoms with Gasteiger partial charge in [-0.15, -0.1) is 0 Å². The van der Waals surface area contributed by atoms with Gasteiger partial charge in [-0.2, -0.15) is 0 Å². The van der Waals surface area contributed by atoms with Gasteiger partial charge in [0.1, 0.15) is 0 Å². The monoisotopic (exact) mass is 342 g/mol. The molecule has 1 nitrogen and oxygen atoms in total. The molecule has 0 bridgehead atoms. The van der Waals surface area contributed by atoms with Crippen LogP contribution >= 0.6 is 0 Å². The van der Waals surface area contributed by atoms with E-state index < -0.39 is 5.60 Å². The van der Waals surface area contributed by atoms with Gasteiger partial charge in [-0.1, -0.05) is 34.6 Å². The molecule has 0 spiro atoms. The Kier molecular flexibility index (Phi) is 6.80. The van der Waals surface area contributed by atoms with Gasteiger partial charge >= 0.3 is 0 Å². The third-order valence-electron chi connectivity index (χ3n) is 3.09. The first-order valence-electron chi connectivity index (χ1n) is 4.52. The first-order valence-corrected chi connectivity index (χ1v) is 4.52. The molecule has 12 heavy (non-hydrogen) atoms. The summed E-state index contributed by atoms with van der Waals surface area (Å²) in [6.45, 7) is 12.5. The minimum atomic E-state index is -0.520. The summed E-state index contributed by atoms with van der Waals surface area (Å²) in [6.07, 6.45) is 0. The summed E-state index contributed by atoms with van der Waals surface area (Å²) in [7, 11) is 0. The van der Waals surface area contributed by atoms with Gasteiger partial charge in [0.2, 0.25) is 0 Å². The van der Waals surface area contributed by atoms with Crippen molar-refractivity contribution in [3.05, 3.63) is 0 Å². The normalized spacial score (nSPS) is 18.8. The summed E-state index contributed by atoms with van der Waals surface area (Å²) in [6, 6.07) is 0. The molecule has 2 heteroatoms. The molecule has 0 rings (SSSR count). The van der Waals surface area contributed by atoms with Gasteiger partial charge in [0.05, 0.1) is 5.60 Å². The molecule has 0 aliphatic carbocycles. The molecule has 0 saturated heterocycles. The van der Waals surface area contributed by atoms with Crippen LogP contribution in [0.3, 0.4) is 0 Å². The van der Waals surface area contributed by atoms with Gasteiger partial charge in [0.25, 0.3) is 0 Å². The van der Waals surface area contributed by atoms with E-state index in [9.17, 15) is 5.11 Å². The maximum Gasteiger partial charge on any atom is 0.0670 e. The van der Waals surface area contributed by atoms with Crippen LogP contribution in [0.25, 0.3) is 0 Å². The van der Waals surface area contributed by atoms with Crippen LogP contribution in [0.15, 0.2) is 0 Å². The third-order valence-corrected chi connectivity index (χ3v) is 3.09. The maximum absolute atomic E-state index is 10.0. The van der Waals surface area contributed by atoms with Crippen LogP contribution in [0.1, 0.15) is 41.5 Å². The van der Waals surface area contributed by atoms with Crippen molar-refractivity contribution in [2.24, 2.45) is 17.8 Å². The Morgan fingerprint density at radius 1 is 1.00 bits per heavy atom. The average Bonchev–Trinajstić information content (AvgIpc) is 1.85. The fraction of sp³-hybridized carbons (Fsp3) is 1.00. The minimum absolute atomic E-state index is 0. The fourth-order valence-corrected chi connectivity index (χ4v) is 1.20. The van der Waals surface area contributed by atoms with Crippen LogP contribution in [0.5, 0.6) is 0 Å². The average molecular weight is 342 g/mol. The molecular weight excluding hydrogens is 320 g/mol. The van der Waals surface area contributed by atoms with E-state index in [1.807, 2.05) is 6.92 Å². The second kappa shape index (κ2) is 5.39. The van der Waals surface area contributed by atoms with Crippen molar-refractivity contribution in [3.8, 4) is 0 Å². The van der Waals surface area contributed by atoms with Crippen LogP contribution < -0.4 is 0 Å². The molecule has 0 aliphatic heterocycles. The van der Waals surface area contributed by atoms with Crippen molar-refractivity contribution in [2.75, 3.05) is 0 Å². The van der Waals surface area contributed by atoms with Gasteiger partial charge in [-0.05, 0) is 24.7 Å². The van der Waals surface area contributed by atoms with Crippen molar-refractivity contribution >= 4 is 0 Å². The Bertz CT molecular complexity index is 119. The first-order chi connectivity index (χ1) is 4.80. The van der Waals surface area contributed by atoms with Crippen molar-refractivity contribution in [3.63, 3.8) is 0 Å². The van der Waals surface area contributed by atoms with E-state index >= 15 is 0 Å². The smallest absolute Gasteiger partial charge is 0.0670 e. The molecule has 1 N–H and O–H groups in total. The molecule has 0 amide bonds. The SMILES string of the molecule is CC(C)[C@@H](C)[C@](C)(O)C(C)C.[W]. The summed E-state index contributed by atoms with van der Waals surface area (Å²) in [5.41, 5.74) is -0.520. The quantitative estimate of drug-likeness (QED) is 0.836. The van der Waals surface area contributed by atoms with Crippen LogP contribution in [-0.2, 0) is 21.1 Å². The van der Waals surface area contributed by atoms with E-state index in [2.05, 4.69) is 34.6 Å². The van der Waals surface area contributed by atoms with Gasteiger partial charge in [-0.3, -0.25) is 0 Å². The molecule has 0 aliphatic rings. The molecule has 0 radical (unpaired) electrons. The Morgan fingerprint density at radius 2 is 1.33 bits per heavy atom. The van der Waals surface area contributed by atoms with E-state index in [-0.39, 0.29) is 21.1 Å². The Balaban J connectivity index is 0. The standard InChI is InChI=1S/C10H22O.W/c1-7(2)9(5)10(6,11)8(3)4;/h7-9,11H,1-6H3;/t9-,10-;/m1./s1. The predicted octanol–water partition coefficient (Wildman–Crippen LogP) is 2.68. The zero-order valence-corrected chi connectivity index (χ0v) is 12.0. The largest absolute Gasteiger partial charge is 0.390 e. The number of hydrogen-bond acceptors (Lipinski definition) is 1. The second-order valence-corrected chi connectivity index (χ2v) is 4.41. The van der Waals surface area contributed by atoms with Crippen molar-refractivity contribution in [1.29, 1.82) is 0 Å². The van der Waals surface area contributed by atoms with Crippen LogP contribution in [-0.4, -0.2) is 10.7 Å². The maximum atomic E-state index is 10.0. The zero-order valence-electron chi connectivity index (χ0n) is 9.09. The van der Waals surface area contributed by atoms with Gasteiger partial charge < -0.3 is 5.11 Å². The van der Waals surface area contributed by atoms with Gasteiger partial charge in [-0.25, -0.2) is 0 Å². The molecular formula is C10H22OW. The van der Waals surface area contributed by atoms with Crippen LogP contribution in [0.4, 0.5) is 0 Å². The van der Waals surface area contributed by atoms with Crippen molar-refractivity contribution < 1.29 is 26.2 Å². The molecule has 0 fully saturated rings. The summed E-state index contributed by atoms with van der Waals surface area (Å²) in [5.74, 6) is 1.25. The topological polar surface area (TPSA) is 20.2 Å². The van der Waals surface area contributed by atoms with Crippen LogP contribution in [0, 0.1) is 17.8 Å². The van der Waals surface area contributed by atoms with E-state index in [0.29, 0.717) is 17.8 Å². The fourth-order valence-electron chi connectivity index (χ4n) is 1.20. The number of rotatable bonds is 3. The molecule has 2 atom stereocenters. The molecule has 0 aromatic carbocycles. The van der Waals surface area contributed by atoms with Crippen molar-refractivity contribution in [1.82, 2.24) is 0 Å². The molecule has 0 heterocycles. The van der Waals surface area contributed by atoms with Gasteiger partial charge in [0, 0.05) is 21.1 Å². The predicted molar refractivity (Wildman–Crippen MR) is 49.5 cm³/mol. The summed E-state index contributed by atoms with van der Waals surface area (Å²) in [4.78, 5) is 0. The molecule has 0 aromatic heterocycles. The van der Waals surface area contributed by atoms with Gasteiger partial charge in [0.15, 0.2) is 0 Å². The second-order valence-electron chi connectivity index (χ2n) is 4.41. The van der Waals surface area contributed by atoms with Crippen LogP contribution in [0.2, 0.25) is 0 Å². The Labute approximate surface area is 91.2 Å². The van der Waals surface area contributed by atoms with Crippen molar-refractivity contribution in [2.45, 2.75) is 47.1 Å². The molecule has 74 valence electrons. The van der Waals surface area contributed by atoms with E-state index in [1.165, 1.54) is 0 Å². The van der Waals surface area contributed by atoms with E-state index in [4.69, 9.17) is 0 Å². The minimum Gasteiger partial charge on any atom is -0.390 e. The van der Waals surface area contributed by atoms with E-state index in [1.54, 1.807) is 0 Å². The zero-order chi connectivity index (χ0) is 9.23. The number of aliphatic hydroxyl groups is 1. The molecule has 0 unspecified atom stereocenters. The summed E-state index contributed by atoms with van der Waals surface area (Å²) < 4.78 is 0. The first kappa shape index (κ1) is 15.1. The summed E-state index contributed by atoms with van der Waals surface area (Å²) in [5, 5.41) is 10.0.